The number of halogens is 1. The minimum atomic E-state index is -0.349. The Labute approximate surface area is 192 Å². The molecular formula is C25H26FN5O2. The Kier molecular flexibility index (Phi) is 6.33. The van der Waals surface area contributed by atoms with E-state index in [1.54, 1.807) is 28.8 Å². The van der Waals surface area contributed by atoms with Gasteiger partial charge in [0, 0.05) is 43.2 Å². The lowest BCUT2D eigenvalue weighted by molar-refractivity contribution is -0.117. The minimum Gasteiger partial charge on any atom is -0.508 e. The molecule has 2 aromatic carbocycles. The summed E-state index contributed by atoms with van der Waals surface area (Å²) in [6.07, 6.45) is 0. The monoisotopic (exact) mass is 447 g/mol. The molecule has 0 saturated carbocycles. The largest absolute Gasteiger partial charge is 0.508 e. The van der Waals surface area contributed by atoms with E-state index < -0.39 is 0 Å². The van der Waals surface area contributed by atoms with E-state index in [9.17, 15) is 19.6 Å². The van der Waals surface area contributed by atoms with Crippen molar-refractivity contribution in [3.8, 4) is 17.5 Å². The van der Waals surface area contributed by atoms with Crippen molar-refractivity contribution in [2.24, 2.45) is 0 Å². The molecule has 3 aromatic rings. The first-order chi connectivity index (χ1) is 15.9. The second-order valence-corrected chi connectivity index (χ2v) is 8.19. The van der Waals surface area contributed by atoms with Crippen LogP contribution in [0.5, 0.6) is 5.75 Å². The number of hydrogen-bond acceptors (Lipinski definition) is 5. The van der Waals surface area contributed by atoms with Gasteiger partial charge in [0.2, 0.25) is 5.91 Å². The number of anilines is 2. The fraction of sp³-hybridized carbons (Fsp3) is 0.280. The highest BCUT2D eigenvalue weighted by Gasteiger charge is 2.23. The molecule has 0 aliphatic carbocycles. The average molecular weight is 448 g/mol. The summed E-state index contributed by atoms with van der Waals surface area (Å²) in [6, 6.07) is 15.3. The van der Waals surface area contributed by atoms with Crippen LogP contribution in [0.3, 0.4) is 0 Å². The normalized spacial score (nSPS) is 14.2. The van der Waals surface area contributed by atoms with Crippen molar-refractivity contribution in [1.82, 2.24) is 9.47 Å². The van der Waals surface area contributed by atoms with E-state index in [1.165, 1.54) is 12.1 Å². The van der Waals surface area contributed by atoms with Gasteiger partial charge in [0.15, 0.2) is 0 Å². The number of nitrogens with zero attached hydrogens (tertiary/aromatic N) is 4. The molecule has 0 atom stereocenters. The topological polar surface area (TPSA) is 84.5 Å². The number of amides is 1. The summed E-state index contributed by atoms with van der Waals surface area (Å²) in [6.45, 7) is 6.90. The van der Waals surface area contributed by atoms with Crippen molar-refractivity contribution >= 4 is 17.4 Å². The van der Waals surface area contributed by atoms with Gasteiger partial charge in [-0.05, 0) is 67.9 Å². The molecule has 1 aliphatic heterocycles. The molecule has 1 saturated heterocycles. The van der Waals surface area contributed by atoms with Crippen LogP contribution in [0.4, 0.5) is 15.9 Å². The molecule has 0 bridgehead atoms. The number of carbonyl (C=O) groups is 1. The van der Waals surface area contributed by atoms with Gasteiger partial charge in [0.05, 0.1) is 12.1 Å². The highest BCUT2D eigenvalue weighted by atomic mass is 19.1. The van der Waals surface area contributed by atoms with Crippen LogP contribution in [0.1, 0.15) is 16.8 Å². The second-order valence-electron chi connectivity index (χ2n) is 8.19. The Hall–Kier alpha value is -3.83. The number of phenolic OH excluding ortho intramolecular Hbond substituents is 1. The molecule has 1 aliphatic rings. The number of aromatic nitrogens is 1. The maximum Gasteiger partial charge on any atom is 0.239 e. The summed E-state index contributed by atoms with van der Waals surface area (Å²) in [4.78, 5) is 17.2. The number of hydrogen-bond donors (Lipinski definition) is 2. The van der Waals surface area contributed by atoms with Gasteiger partial charge < -0.3 is 15.3 Å². The number of rotatable bonds is 5. The zero-order chi connectivity index (χ0) is 23.5. The highest BCUT2D eigenvalue weighted by Crippen LogP contribution is 2.30. The second kappa shape index (κ2) is 9.35. The van der Waals surface area contributed by atoms with Crippen LogP contribution in [0, 0.1) is 31.0 Å². The van der Waals surface area contributed by atoms with E-state index in [0.29, 0.717) is 17.1 Å². The first kappa shape index (κ1) is 22.4. The molecule has 1 amide bonds. The van der Waals surface area contributed by atoms with E-state index in [0.717, 1.165) is 43.1 Å². The molecule has 2 heterocycles. The molecule has 0 spiro atoms. The van der Waals surface area contributed by atoms with Crippen molar-refractivity contribution in [2.45, 2.75) is 13.8 Å². The lowest BCUT2D eigenvalue weighted by Gasteiger charge is -2.35. The van der Waals surface area contributed by atoms with Crippen LogP contribution in [0.15, 0.2) is 48.5 Å². The number of nitriles is 1. The summed E-state index contributed by atoms with van der Waals surface area (Å²) < 4.78 is 15.2. The lowest BCUT2D eigenvalue weighted by atomic mass is 10.2. The van der Waals surface area contributed by atoms with Gasteiger partial charge in [-0.1, -0.05) is 0 Å². The Morgan fingerprint density at radius 2 is 1.64 bits per heavy atom. The van der Waals surface area contributed by atoms with Gasteiger partial charge in [-0.2, -0.15) is 5.26 Å². The van der Waals surface area contributed by atoms with Crippen LogP contribution in [0.2, 0.25) is 0 Å². The van der Waals surface area contributed by atoms with Gasteiger partial charge in [-0.25, -0.2) is 4.39 Å². The molecule has 0 radical (unpaired) electrons. The first-order valence-electron chi connectivity index (χ1n) is 10.8. The lowest BCUT2D eigenvalue weighted by Crippen LogP contribution is -2.48. The Bertz CT molecular complexity index is 1190. The number of benzene rings is 2. The Morgan fingerprint density at radius 1 is 1.03 bits per heavy atom. The quantitative estimate of drug-likeness (QED) is 0.625. The maximum absolute atomic E-state index is 13.4. The third kappa shape index (κ3) is 4.69. The van der Waals surface area contributed by atoms with Gasteiger partial charge in [0.25, 0.3) is 0 Å². The first-order valence-corrected chi connectivity index (χ1v) is 10.8. The number of nitrogens with one attached hydrogen (secondary N) is 1. The SMILES string of the molecule is Cc1c(C#N)c(NC(=O)CN2CCN(c3ccc(O)cc3)CC2)n(-c2ccc(F)cc2)c1C. The van der Waals surface area contributed by atoms with Crippen molar-refractivity contribution in [1.29, 1.82) is 5.26 Å². The van der Waals surface area contributed by atoms with Crippen LogP contribution < -0.4 is 10.2 Å². The summed E-state index contributed by atoms with van der Waals surface area (Å²) in [5.74, 6) is 0.0942. The summed E-state index contributed by atoms with van der Waals surface area (Å²) in [5.41, 5.74) is 3.72. The smallest absolute Gasteiger partial charge is 0.239 e. The third-order valence-corrected chi connectivity index (χ3v) is 6.12. The van der Waals surface area contributed by atoms with Crippen LogP contribution in [-0.4, -0.2) is 53.2 Å². The molecule has 33 heavy (non-hydrogen) atoms. The molecule has 8 heteroatoms. The maximum atomic E-state index is 13.4. The minimum absolute atomic E-state index is 0.203. The van der Waals surface area contributed by atoms with Gasteiger partial charge in [-0.15, -0.1) is 0 Å². The van der Waals surface area contributed by atoms with Crippen LogP contribution in [-0.2, 0) is 4.79 Å². The molecule has 0 unspecified atom stereocenters. The molecule has 2 N–H and O–H groups in total. The zero-order valence-corrected chi connectivity index (χ0v) is 18.7. The van der Waals surface area contributed by atoms with E-state index in [2.05, 4.69) is 21.2 Å². The highest BCUT2D eigenvalue weighted by molar-refractivity contribution is 5.93. The number of carbonyl (C=O) groups excluding carboxylic acids is 1. The summed E-state index contributed by atoms with van der Waals surface area (Å²) in [7, 11) is 0. The molecule has 170 valence electrons. The standard InChI is InChI=1S/C25H26FN5O2/c1-17-18(2)31(21-5-3-19(26)4-6-21)25(23(17)15-27)28-24(33)16-29-11-13-30(14-12-29)20-7-9-22(32)10-8-20/h3-10,32H,11-14,16H2,1-2H3,(H,28,33). The molecule has 1 fully saturated rings. The van der Waals surface area contributed by atoms with Gasteiger partial charge in [-0.3, -0.25) is 14.3 Å². The van der Waals surface area contributed by atoms with Crippen molar-refractivity contribution in [3.05, 3.63) is 71.2 Å². The molecule has 1 aromatic heterocycles. The third-order valence-electron chi connectivity index (χ3n) is 6.12. The van der Waals surface area contributed by atoms with Gasteiger partial charge >= 0.3 is 0 Å². The molecular weight excluding hydrogens is 421 g/mol. The zero-order valence-electron chi connectivity index (χ0n) is 18.7. The summed E-state index contributed by atoms with van der Waals surface area (Å²) in [5, 5.41) is 22.1. The predicted octanol–water partition coefficient (Wildman–Crippen LogP) is 3.57. The van der Waals surface area contributed by atoms with E-state index >= 15 is 0 Å². The number of aromatic hydroxyl groups is 1. The molecule has 7 nitrogen and oxygen atoms in total. The van der Waals surface area contributed by atoms with Crippen LogP contribution in [0.25, 0.3) is 5.69 Å². The average Bonchev–Trinajstić information content (AvgIpc) is 3.04. The fourth-order valence-electron chi connectivity index (χ4n) is 4.18. The fourth-order valence-corrected chi connectivity index (χ4v) is 4.18. The molecule has 4 rings (SSSR count). The summed E-state index contributed by atoms with van der Waals surface area (Å²) >= 11 is 0. The number of piperazine rings is 1. The van der Waals surface area contributed by atoms with E-state index in [1.807, 2.05) is 26.0 Å². The van der Waals surface area contributed by atoms with Crippen molar-refractivity contribution < 1.29 is 14.3 Å². The predicted molar refractivity (Wildman–Crippen MR) is 125 cm³/mol. The Morgan fingerprint density at radius 3 is 2.24 bits per heavy atom. The van der Waals surface area contributed by atoms with Crippen molar-refractivity contribution in [3.63, 3.8) is 0 Å². The Balaban J connectivity index is 1.46. The van der Waals surface area contributed by atoms with Gasteiger partial charge in [0.1, 0.15) is 23.5 Å². The van der Waals surface area contributed by atoms with Crippen molar-refractivity contribution in [2.75, 3.05) is 42.9 Å². The van der Waals surface area contributed by atoms with E-state index in [-0.39, 0.29) is 24.0 Å². The number of phenols is 1. The van der Waals surface area contributed by atoms with E-state index in [4.69, 9.17) is 0 Å². The van der Waals surface area contributed by atoms with Crippen LogP contribution >= 0.6 is 0 Å².